The molecule has 3 N–H and O–H groups in total. The molecule has 1 atom stereocenters. The van der Waals surface area contributed by atoms with E-state index in [1.54, 1.807) is 12.5 Å². The molecule has 0 aromatic carbocycles. The summed E-state index contributed by atoms with van der Waals surface area (Å²) in [4.78, 5) is 11.3. The number of rotatable bonds is 3. The first-order valence-electron chi connectivity index (χ1n) is 5.43. The van der Waals surface area contributed by atoms with Gasteiger partial charge in [-0.15, -0.1) is 0 Å². The molecule has 0 aromatic rings. The van der Waals surface area contributed by atoms with Gasteiger partial charge in [0.15, 0.2) is 0 Å². The molecule has 0 bridgehead atoms. The van der Waals surface area contributed by atoms with Crippen LogP contribution in [0.15, 0.2) is 24.2 Å². The van der Waals surface area contributed by atoms with Crippen LogP contribution in [0.5, 0.6) is 0 Å². The SMILES string of the molecule is CC(C)(C)CC1=COC=CC1CC(=O)NN. The topological polar surface area (TPSA) is 64.3 Å². The van der Waals surface area contributed by atoms with Crippen LogP contribution >= 0.6 is 0 Å². The lowest BCUT2D eigenvalue weighted by Gasteiger charge is -2.25. The fourth-order valence-electron chi connectivity index (χ4n) is 1.72. The molecule has 0 spiro atoms. The van der Waals surface area contributed by atoms with Crippen molar-refractivity contribution in [3.63, 3.8) is 0 Å². The third-order valence-corrected chi connectivity index (χ3v) is 2.39. The van der Waals surface area contributed by atoms with Crippen molar-refractivity contribution in [2.45, 2.75) is 33.6 Å². The Morgan fingerprint density at radius 1 is 1.56 bits per heavy atom. The van der Waals surface area contributed by atoms with Gasteiger partial charge in [0.2, 0.25) is 5.91 Å². The van der Waals surface area contributed by atoms with Gasteiger partial charge in [-0.2, -0.15) is 0 Å². The van der Waals surface area contributed by atoms with E-state index in [0.29, 0.717) is 6.42 Å². The molecule has 1 amide bonds. The van der Waals surface area contributed by atoms with E-state index in [0.717, 1.165) is 12.0 Å². The highest BCUT2D eigenvalue weighted by atomic mass is 16.5. The fourth-order valence-corrected chi connectivity index (χ4v) is 1.72. The molecule has 0 fully saturated rings. The number of carbonyl (C=O) groups excluding carboxylic acids is 1. The molecule has 1 aliphatic heterocycles. The second-order valence-corrected chi connectivity index (χ2v) is 5.27. The van der Waals surface area contributed by atoms with Crippen molar-refractivity contribution in [1.82, 2.24) is 5.43 Å². The van der Waals surface area contributed by atoms with Gasteiger partial charge in [0.05, 0.1) is 12.5 Å². The predicted molar refractivity (Wildman–Crippen MR) is 62.8 cm³/mol. The molecule has 1 rings (SSSR count). The predicted octanol–water partition coefficient (Wildman–Crippen LogP) is 1.85. The lowest BCUT2D eigenvalue weighted by atomic mass is 9.82. The number of carbonyl (C=O) groups is 1. The third-order valence-electron chi connectivity index (χ3n) is 2.39. The van der Waals surface area contributed by atoms with Gasteiger partial charge in [0, 0.05) is 12.3 Å². The Hall–Kier alpha value is -1.29. The van der Waals surface area contributed by atoms with E-state index in [9.17, 15) is 4.79 Å². The Morgan fingerprint density at radius 3 is 2.81 bits per heavy atom. The second-order valence-electron chi connectivity index (χ2n) is 5.27. The normalized spacial score (nSPS) is 20.0. The van der Waals surface area contributed by atoms with E-state index in [-0.39, 0.29) is 17.2 Å². The number of nitrogens with one attached hydrogen (secondary N) is 1. The Labute approximate surface area is 96.5 Å². The van der Waals surface area contributed by atoms with Crippen LogP contribution in [-0.2, 0) is 9.53 Å². The van der Waals surface area contributed by atoms with Crippen molar-refractivity contribution in [2.75, 3.05) is 0 Å². The summed E-state index contributed by atoms with van der Waals surface area (Å²) in [6.07, 6.45) is 6.52. The zero-order chi connectivity index (χ0) is 12.2. The maximum atomic E-state index is 11.3. The van der Waals surface area contributed by atoms with Crippen LogP contribution in [0, 0.1) is 11.3 Å². The van der Waals surface area contributed by atoms with E-state index in [2.05, 4.69) is 26.2 Å². The molecule has 1 aliphatic rings. The maximum Gasteiger partial charge on any atom is 0.234 e. The van der Waals surface area contributed by atoms with E-state index >= 15 is 0 Å². The first kappa shape index (κ1) is 12.8. The largest absolute Gasteiger partial charge is 0.473 e. The van der Waals surface area contributed by atoms with Crippen molar-refractivity contribution in [3.8, 4) is 0 Å². The average Bonchev–Trinajstić information content (AvgIpc) is 2.18. The molecule has 0 saturated carbocycles. The number of ether oxygens (including phenoxy) is 1. The molecule has 1 heterocycles. The Morgan fingerprint density at radius 2 is 2.25 bits per heavy atom. The lowest BCUT2D eigenvalue weighted by molar-refractivity contribution is -0.121. The third kappa shape index (κ3) is 4.06. The molecular formula is C12H20N2O2. The first-order valence-corrected chi connectivity index (χ1v) is 5.43. The average molecular weight is 224 g/mol. The van der Waals surface area contributed by atoms with Crippen molar-refractivity contribution in [2.24, 2.45) is 17.2 Å². The van der Waals surface area contributed by atoms with Gasteiger partial charge < -0.3 is 4.74 Å². The minimum Gasteiger partial charge on any atom is -0.473 e. The zero-order valence-corrected chi connectivity index (χ0v) is 10.1. The second kappa shape index (κ2) is 5.16. The van der Waals surface area contributed by atoms with Crippen LogP contribution in [0.1, 0.15) is 33.6 Å². The summed E-state index contributed by atoms with van der Waals surface area (Å²) >= 11 is 0. The van der Waals surface area contributed by atoms with Crippen LogP contribution in [-0.4, -0.2) is 5.91 Å². The number of amides is 1. The fraction of sp³-hybridized carbons (Fsp3) is 0.583. The molecule has 16 heavy (non-hydrogen) atoms. The molecule has 0 aromatic heterocycles. The van der Waals surface area contributed by atoms with Crippen molar-refractivity contribution < 1.29 is 9.53 Å². The molecular weight excluding hydrogens is 204 g/mol. The molecule has 1 unspecified atom stereocenters. The number of allylic oxidation sites excluding steroid dienone is 2. The summed E-state index contributed by atoms with van der Waals surface area (Å²) in [5.74, 6) is 5.03. The van der Waals surface area contributed by atoms with Gasteiger partial charge >= 0.3 is 0 Å². The van der Waals surface area contributed by atoms with Crippen molar-refractivity contribution in [1.29, 1.82) is 0 Å². The molecule has 4 nitrogen and oxygen atoms in total. The number of hydrogen-bond acceptors (Lipinski definition) is 3. The summed E-state index contributed by atoms with van der Waals surface area (Å²) < 4.78 is 5.17. The lowest BCUT2D eigenvalue weighted by Crippen LogP contribution is -2.32. The molecule has 4 heteroatoms. The van der Waals surface area contributed by atoms with Crippen molar-refractivity contribution in [3.05, 3.63) is 24.2 Å². The minimum atomic E-state index is -0.156. The summed E-state index contributed by atoms with van der Waals surface area (Å²) in [6.45, 7) is 6.48. The zero-order valence-electron chi connectivity index (χ0n) is 10.1. The van der Waals surface area contributed by atoms with Gasteiger partial charge in [-0.25, -0.2) is 5.84 Å². The highest BCUT2D eigenvalue weighted by Crippen LogP contribution is 2.32. The monoisotopic (exact) mass is 224 g/mol. The highest BCUT2D eigenvalue weighted by Gasteiger charge is 2.22. The van der Waals surface area contributed by atoms with E-state index in [1.807, 2.05) is 6.08 Å². The first-order chi connectivity index (χ1) is 7.42. The summed E-state index contributed by atoms with van der Waals surface area (Å²) in [5, 5.41) is 0. The molecule has 0 radical (unpaired) electrons. The van der Waals surface area contributed by atoms with Gasteiger partial charge in [-0.3, -0.25) is 10.2 Å². The Bertz CT molecular complexity index is 313. The van der Waals surface area contributed by atoms with Crippen molar-refractivity contribution >= 4 is 5.91 Å². The Balaban J connectivity index is 2.66. The maximum absolute atomic E-state index is 11.3. The van der Waals surface area contributed by atoms with Crippen LogP contribution in [0.25, 0.3) is 0 Å². The smallest absolute Gasteiger partial charge is 0.234 e. The van der Waals surface area contributed by atoms with Gasteiger partial charge in [-0.1, -0.05) is 20.8 Å². The van der Waals surface area contributed by atoms with E-state index in [1.165, 1.54) is 0 Å². The molecule has 90 valence electrons. The standard InChI is InChI=1S/C12H20N2O2/c1-12(2,3)7-10-8-16-5-4-9(10)6-11(15)14-13/h4-5,8-9H,6-7,13H2,1-3H3,(H,14,15). The number of nitrogens with two attached hydrogens (primary N) is 1. The molecule has 0 aliphatic carbocycles. The Kier molecular flexibility index (Phi) is 4.12. The van der Waals surface area contributed by atoms with E-state index < -0.39 is 0 Å². The minimum absolute atomic E-state index is 0.0940. The summed E-state index contributed by atoms with van der Waals surface area (Å²) in [5.41, 5.74) is 3.47. The molecule has 0 saturated heterocycles. The summed E-state index contributed by atoms with van der Waals surface area (Å²) in [6, 6.07) is 0. The van der Waals surface area contributed by atoms with Gasteiger partial charge in [-0.05, 0) is 23.5 Å². The number of hydrazine groups is 1. The van der Waals surface area contributed by atoms with E-state index in [4.69, 9.17) is 10.6 Å². The van der Waals surface area contributed by atoms with Crippen LogP contribution in [0.3, 0.4) is 0 Å². The highest BCUT2D eigenvalue weighted by molar-refractivity contribution is 5.76. The number of hydrogen-bond donors (Lipinski definition) is 2. The van der Waals surface area contributed by atoms with Gasteiger partial charge in [0.25, 0.3) is 0 Å². The van der Waals surface area contributed by atoms with Crippen LogP contribution in [0.4, 0.5) is 0 Å². The quantitative estimate of drug-likeness (QED) is 0.437. The summed E-state index contributed by atoms with van der Waals surface area (Å²) in [7, 11) is 0. The van der Waals surface area contributed by atoms with Crippen LogP contribution in [0.2, 0.25) is 0 Å². The van der Waals surface area contributed by atoms with Crippen LogP contribution < -0.4 is 11.3 Å². The van der Waals surface area contributed by atoms with Gasteiger partial charge in [0.1, 0.15) is 0 Å².